The molecule has 6 heteroatoms. The maximum absolute atomic E-state index is 13.0. The third kappa shape index (κ3) is 4.50. The van der Waals surface area contributed by atoms with Gasteiger partial charge in [0.05, 0.1) is 6.54 Å². The van der Waals surface area contributed by atoms with Crippen LogP contribution in [0.4, 0.5) is 4.39 Å². The molecule has 4 aliphatic rings. The Hall–Kier alpha value is -1.50. The summed E-state index contributed by atoms with van der Waals surface area (Å²) in [4.78, 5) is 21.9. The Morgan fingerprint density at radius 2 is 1.74 bits per heavy atom. The van der Waals surface area contributed by atoms with Gasteiger partial charge in [-0.15, -0.1) is 0 Å². The molecule has 0 aromatic heterocycles. The number of hydrogen-bond acceptors (Lipinski definition) is 4. The van der Waals surface area contributed by atoms with Crippen LogP contribution in [0.5, 0.6) is 0 Å². The second-order valence-electron chi connectivity index (χ2n) is 8.42. The highest BCUT2D eigenvalue weighted by Gasteiger charge is 2.38. The minimum atomic E-state index is -0.224. The molecule has 1 atom stereocenters. The molecule has 4 fully saturated rings. The lowest BCUT2D eigenvalue weighted by Gasteiger charge is -2.51. The van der Waals surface area contributed by atoms with Crippen LogP contribution >= 0.6 is 0 Å². The van der Waals surface area contributed by atoms with Crippen LogP contribution in [0, 0.1) is 11.7 Å². The number of piperidine rings is 3. The van der Waals surface area contributed by atoms with Crippen molar-refractivity contribution in [3.8, 4) is 0 Å². The van der Waals surface area contributed by atoms with Gasteiger partial charge in [-0.2, -0.15) is 0 Å². The average molecular weight is 375 g/mol. The van der Waals surface area contributed by atoms with Gasteiger partial charge in [0.25, 0.3) is 0 Å². The Bertz CT molecular complexity index is 636. The first-order chi connectivity index (χ1) is 13.1. The molecule has 0 unspecified atom stereocenters. The first-order valence-electron chi connectivity index (χ1n) is 10.3. The second kappa shape index (κ2) is 8.25. The van der Waals surface area contributed by atoms with Gasteiger partial charge in [0, 0.05) is 45.3 Å². The zero-order chi connectivity index (χ0) is 18.8. The maximum atomic E-state index is 13.0. The first kappa shape index (κ1) is 18.8. The smallest absolute Gasteiger partial charge is 0.236 e. The zero-order valence-electron chi connectivity index (χ0n) is 16.3. The van der Waals surface area contributed by atoms with Crippen LogP contribution in [-0.4, -0.2) is 91.0 Å². The molecule has 0 N–H and O–H groups in total. The summed E-state index contributed by atoms with van der Waals surface area (Å²) in [6, 6.07) is 7.20. The Morgan fingerprint density at radius 3 is 2.33 bits per heavy atom. The molecule has 4 aliphatic heterocycles. The Morgan fingerprint density at radius 1 is 1.07 bits per heavy atom. The van der Waals surface area contributed by atoms with Crippen molar-refractivity contribution in [2.75, 3.05) is 59.4 Å². The Labute approximate surface area is 161 Å². The number of likely N-dealkylation sites (N-methyl/N-ethyl adjacent to an activating group) is 1. The number of piperazine rings is 1. The highest BCUT2D eigenvalue weighted by Crippen LogP contribution is 2.31. The molecule has 2 bridgehead atoms. The van der Waals surface area contributed by atoms with Crippen LogP contribution in [0.15, 0.2) is 24.3 Å². The van der Waals surface area contributed by atoms with E-state index in [1.165, 1.54) is 44.6 Å². The van der Waals surface area contributed by atoms with Crippen LogP contribution in [0.2, 0.25) is 0 Å². The summed E-state index contributed by atoms with van der Waals surface area (Å²) in [5.41, 5.74) is 1.03. The number of benzene rings is 1. The summed E-state index contributed by atoms with van der Waals surface area (Å²) < 4.78 is 13.0. The van der Waals surface area contributed by atoms with Gasteiger partial charge in [0.15, 0.2) is 0 Å². The van der Waals surface area contributed by atoms with Gasteiger partial charge >= 0.3 is 0 Å². The molecular weight excluding hydrogens is 343 g/mol. The summed E-state index contributed by atoms with van der Waals surface area (Å²) in [6.07, 6.45) is 2.69. The quantitative estimate of drug-likeness (QED) is 0.781. The van der Waals surface area contributed by atoms with E-state index in [4.69, 9.17) is 0 Å². The van der Waals surface area contributed by atoms with E-state index in [9.17, 15) is 9.18 Å². The fourth-order valence-corrected chi connectivity index (χ4v) is 4.94. The number of carbonyl (C=O) groups excluding carboxylic acids is 1. The molecule has 5 nitrogen and oxygen atoms in total. The standard InChI is InChI=1S/C21H31FN4O/c1-23(14-17-2-4-19(22)5-3-17)16-21(27)26-12-10-25(11-13-26)20-15-24-8-6-18(20)7-9-24/h2-5,18,20H,6-16H2,1H3/t20-/m1/s1. The molecule has 148 valence electrons. The fraction of sp³-hybridized carbons (Fsp3) is 0.667. The van der Waals surface area contributed by atoms with Gasteiger partial charge in [-0.05, 0) is 56.6 Å². The number of carbonyl (C=O) groups is 1. The number of hydrogen-bond donors (Lipinski definition) is 0. The van der Waals surface area contributed by atoms with Gasteiger partial charge in [0.1, 0.15) is 5.82 Å². The third-order valence-corrected chi connectivity index (χ3v) is 6.53. The molecule has 0 radical (unpaired) electrons. The molecule has 1 aromatic carbocycles. The Kier molecular flexibility index (Phi) is 5.76. The van der Waals surface area contributed by atoms with Crippen molar-refractivity contribution in [2.45, 2.75) is 25.4 Å². The van der Waals surface area contributed by atoms with E-state index in [0.717, 1.165) is 37.7 Å². The monoisotopic (exact) mass is 374 g/mol. The van der Waals surface area contributed by atoms with E-state index in [2.05, 4.69) is 9.80 Å². The lowest BCUT2D eigenvalue weighted by Crippen LogP contribution is -2.61. The Balaban J connectivity index is 1.23. The van der Waals surface area contributed by atoms with Crippen molar-refractivity contribution < 1.29 is 9.18 Å². The van der Waals surface area contributed by atoms with E-state index in [-0.39, 0.29) is 11.7 Å². The minimum Gasteiger partial charge on any atom is -0.339 e. The van der Waals surface area contributed by atoms with E-state index < -0.39 is 0 Å². The van der Waals surface area contributed by atoms with Crippen molar-refractivity contribution in [1.82, 2.24) is 19.6 Å². The number of nitrogens with zero attached hydrogens (tertiary/aromatic N) is 4. The maximum Gasteiger partial charge on any atom is 0.236 e. The average Bonchev–Trinajstić information content (AvgIpc) is 2.70. The van der Waals surface area contributed by atoms with Crippen LogP contribution in [0.25, 0.3) is 0 Å². The first-order valence-corrected chi connectivity index (χ1v) is 10.3. The normalized spacial score (nSPS) is 28.7. The van der Waals surface area contributed by atoms with Crippen LogP contribution in [0.1, 0.15) is 18.4 Å². The van der Waals surface area contributed by atoms with Gasteiger partial charge in [-0.25, -0.2) is 4.39 Å². The van der Waals surface area contributed by atoms with Crippen molar-refractivity contribution in [1.29, 1.82) is 0 Å². The number of halogens is 1. The minimum absolute atomic E-state index is 0.202. The molecule has 4 heterocycles. The lowest BCUT2D eigenvalue weighted by atomic mass is 9.83. The molecule has 4 saturated heterocycles. The van der Waals surface area contributed by atoms with E-state index in [1.54, 1.807) is 12.1 Å². The van der Waals surface area contributed by atoms with E-state index >= 15 is 0 Å². The largest absolute Gasteiger partial charge is 0.339 e. The molecule has 27 heavy (non-hydrogen) atoms. The fourth-order valence-electron chi connectivity index (χ4n) is 4.94. The molecule has 0 aliphatic carbocycles. The van der Waals surface area contributed by atoms with Gasteiger partial charge < -0.3 is 9.80 Å². The summed E-state index contributed by atoms with van der Waals surface area (Å²) in [5, 5.41) is 0. The number of amides is 1. The molecule has 1 amide bonds. The predicted molar refractivity (Wildman–Crippen MR) is 104 cm³/mol. The highest BCUT2D eigenvalue weighted by atomic mass is 19.1. The van der Waals surface area contributed by atoms with Crippen molar-refractivity contribution in [3.63, 3.8) is 0 Å². The van der Waals surface area contributed by atoms with Gasteiger partial charge in [0.2, 0.25) is 5.91 Å². The molecular formula is C21H31FN4O. The molecule has 0 saturated carbocycles. The zero-order valence-corrected chi connectivity index (χ0v) is 16.3. The van der Waals surface area contributed by atoms with Crippen LogP contribution in [0.3, 0.4) is 0 Å². The van der Waals surface area contributed by atoms with Crippen molar-refractivity contribution in [2.24, 2.45) is 5.92 Å². The SMILES string of the molecule is CN(CC(=O)N1CCN([C@@H]2CN3CCC2CC3)CC1)Cc1ccc(F)cc1. The molecule has 0 spiro atoms. The number of fused-ring (bicyclic) bond motifs is 3. The van der Waals surface area contributed by atoms with Gasteiger partial charge in [-0.3, -0.25) is 14.6 Å². The van der Waals surface area contributed by atoms with E-state index in [1.807, 2.05) is 16.8 Å². The topological polar surface area (TPSA) is 30.0 Å². The van der Waals surface area contributed by atoms with Gasteiger partial charge in [-0.1, -0.05) is 12.1 Å². The van der Waals surface area contributed by atoms with Crippen LogP contribution < -0.4 is 0 Å². The molecule has 5 rings (SSSR count). The summed E-state index contributed by atoms with van der Waals surface area (Å²) in [5.74, 6) is 0.839. The van der Waals surface area contributed by atoms with Crippen LogP contribution in [-0.2, 0) is 11.3 Å². The second-order valence-corrected chi connectivity index (χ2v) is 8.42. The summed E-state index contributed by atoms with van der Waals surface area (Å²) in [7, 11) is 1.95. The predicted octanol–water partition coefficient (Wildman–Crippen LogP) is 1.50. The molecule has 1 aromatic rings. The van der Waals surface area contributed by atoms with E-state index in [0.29, 0.717) is 19.1 Å². The van der Waals surface area contributed by atoms with Crippen molar-refractivity contribution >= 4 is 5.91 Å². The highest BCUT2D eigenvalue weighted by molar-refractivity contribution is 5.78. The lowest BCUT2D eigenvalue weighted by molar-refractivity contribution is -0.135. The number of rotatable bonds is 5. The third-order valence-electron chi connectivity index (χ3n) is 6.53. The van der Waals surface area contributed by atoms with Crippen molar-refractivity contribution in [3.05, 3.63) is 35.6 Å². The summed E-state index contributed by atoms with van der Waals surface area (Å²) >= 11 is 0. The summed E-state index contributed by atoms with van der Waals surface area (Å²) in [6.45, 7) is 8.53.